The average molecular weight is 432 g/mol. The van der Waals surface area contributed by atoms with Crippen molar-refractivity contribution in [1.29, 1.82) is 0 Å². The lowest BCUT2D eigenvalue weighted by Gasteiger charge is -2.15. The Bertz CT molecular complexity index is 903. The van der Waals surface area contributed by atoms with Crippen molar-refractivity contribution >= 4 is 16.9 Å². The smallest absolute Gasteiger partial charge is 0.343 e. The molecule has 0 aliphatic heterocycles. The molecule has 0 spiro atoms. The van der Waals surface area contributed by atoms with Crippen molar-refractivity contribution in [3.8, 4) is 11.5 Å². The summed E-state index contributed by atoms with van der Waals surface area (Å²) in [5.41, 5.74) is 0.350. The highest BCUT2D eigenvalue weighted by molar-refractivity contribution is 5.94. The van der Waals surface area contributed by atoms with Crippen molar-refractivity contribution in [3.05, 3.63) is 34.1 Å². The number of hydrogen-bond acceptors (Lipinski definition) is 5. The number of unbranched alkanes of at least 4 members (excludes halogenated alkanes) is 7. The van der Waals surface area contributed by atoms with Gasteiger partial charge in [0.15, 0.2) is 11.5 Å². The van der Waals surface area contributed by atoms with Crippen LogP contribution in [0.25, 0.3) is 10.9 Å². The molecular weight excluding hydrogens is 394 g/mol. The Morgan fingerprint density at radius 2 is 1.52 bits per heavy atom. The predicted molar refractivity (Wildman–Crippen MR) is 124 cm³/mol. The standard InChI is InChI=1S/C25H37NO5/c1-5-8-9-10-11-12-13-14-15-31-22-16-19-21(17-23(22)29-6-2)26(4)18-20(24(19)27)25(28)30-7-3/h16-18H,5-15H2,1-4H3. The van der Waals surface area contributed by atoms with Crippen molar-refractivity contribution in [3.63, 3.8) is 0 Å². The lowest BCUT2D eigenvalue weighted by atomic mass is 10.1. The van der Waals surface area contributed by atoms with E-state index in [0.29, 0.717) is 35.6 Å². The van der Waals surface area contributed by atoms with Gasteiger partial charge in [-0.2, -0.15) is 0 Å². The lowest BCUT2D eigenvalue weighted by Crippen LogP contribution is -2.20. The molecule has 0 radical (unpaired) electrons. The first-order valence-corrected chi connectivity index (χ1v) is 11.6. The number of carbonyl (C=O) groups is 1. The molecule has 1 heterocycles. The van der Waals surface area contributed by atoms with Gasteiger partial charge in [0.25, 0.3) is 0 Å². The van der Waals surface area contributed by atoms with Crippen LogP contribution in [-0.4, -0.2) is 30.4 Å². The number of fused-ring (bicyclic) bond motifs is 1. The molecule has 0 aliphatic carbocycles. The van der Waals surface area contributed by atoms with Gasteiger partial charge in [-0.1, -0.05) is 51.9 Å². The first-order chi connectivity index (χ1) is 15.0. The fraction of sp³-hybridized carbons (Fsp3) is 0.600. The van der Waals surface area contributed by atoms with Crippen LogP contribution in [0.2, 0.25) is 0 Å². The van der Waals surface area contributed by atoms with E-state index in [1.807, 2.05) is 6.92 Å². The molecule has 2 rings (SSSR count). The molecule has 6 heteroatoms. The van der Waals surface area contributed by atoms with Gasteiger partial charge >= 0.3 is 5.97 Å². The summed E-state index contributed by atoms with van der Waals surface area (Å²) in [6, 6.07) is 3.49. The maximum Gasteiger partial charge on any atom is 0.343 e. The minimum absolute atomic E-state index is 0.0232. The Morgan fingerprint density at radius 1 is 0.871 bits per heavy atom. The highest BCUT2D eigenvalue weighted by Crippen LogP contribution is 2.32. The fourth-order valence-corrected chi connectivity index (χ4v) is 3.64. The monoisotopic (exact) mass is 431 g/mol. The fourth-order valence-electron chi connectivity index (χ4n) is 3.64. The molecule has 0 unspecified atom stereocenters. The van der Waals surface area contributed by atoms with Gasteiger partial charge in [0.1, 0.15) is 5.56 Å². The first kappa shape index (κ1) is 24.8. The maximum atomic E-state index is 12.9. The molecule has 0 saturated carbocycles. The van der Waals surface area contributed by atoms with Crippen LogP contribution >= 0.6 is 0 Å². The summed E-state index contributed by atoms with van der Waals surface area (Å²) < 4.78 is 18.5. The highest BCUT2D eigenvalue weighted by Gasteiger charge is 2.18. The third-order valence-corrected chi connectivity index (χ3v) is 5.30. The average Bonchev–Trinajstić information content (AvgIpc) is 2.75. The van der Waals surface area contributed by atoms with E-state index >= 15 is 0 Å². The van der Waals surface area contributed by atoms with E-state index in [1.165, 1.54) is 44.7 Å². The zero-order valence-corrected chi connectivity index (χ0v) is 19.5. The molecule has 0 atom stereocenters. The van der Waals surface area contributed by atoms with Crippen LogP contribution in [0.5, 0.6) is 11.5 Å². The number of ether oxygens (including phenoxy) is 3. The van der Waals surface area contributed by atoms with E-state index in [-0.39, 0.29) is 17.6 Å². The summed E-state index contributed by atoms with van der Waals surface area (Å²) in [5.74, 6) is 0.532. The summed E-state index contributed by atoms with van der Waals surface area (Å²) in [6.07, 6.45) is 11.3. The molecule has 1 aromatic heterocycles. The van der Waals surface area contributed by atoms with E-state index in [1.54, 1.807) is 30.7 Å². The van der Waals surface area contributed by atoms with E-state index in [9.17, 15) is 9.59 Å². The zero-order chi connectivity index (χ0) is 22.6. The van der Waals surface area contributed by atoms with Gasteiger partial charge in [-0.3, -0.25) is 4.79 Å². The molecular formula is C25H37NO5. The van der Waals surface area contributed by atoms with Crippen LogP contribution in [-0.2, 0) is 11.8 Å². The SMILES string of the molecule is CCCCCCCCCCOc1cc2c(=O)c(C(=O)OCC)cn(C)c2cc1OCC. The van der Waals surface area contributed by atoms with Crippen molar-refractivity contribution in [2.24, 2.45) is 7.05 Å². The van der Waals surface area contributed by atoms with Crippen LogP contribution in [0.1, 0.15) is 82.5 Å². The van der Waals surface area contributed by atoms with Crippen LogP contribution in [0.15, 0.2) is 23.1 Å². The van der Waals surface area contributed by atoms with Crippen molar-refractivity contribution in [2.75, 3.05) is 19.8 Å². The molecule has 6 nitrogen and oxygen atoms in total. The highest BCUT2D eigenvalue weighted by atomic mass is 16.5. The van der Waals surface area contributed by atoms with Gasteiger partial charge in [0.2, 0.25) is 5.43 Å². The Morgan fingerprint density at radius 3 is 2.16 bits per heavy atom. The largest absolute Gasteiger partial charge is 0.490 e. The quantitative estimate of drug-likeness (QED) is 0.286. The summed E-state index contributed by atoms with van der Waals surface area (Å²) in [7, 11) is 1.79. The van der Waals surface area contributed by atoms with Crippen molar-refractivity contribution in [2.45, 2.75) is 72.1 Å². The molecule has 0 bridgehead atoms. The first-order valence-electron chi connectivity index (χ1n) is 11.6. The van der Waals surface area contributed by atoms with E-state index < -0.39 is 5.97 Å². The third-order valence-electron chi connectivity index (χ3n) is 5.30. The molecule has 31 heavy (non-hydrogen) atoms. The van der Waals surface area contributed by atoms with Crippen LogP contribution in [0, 0.1) is 0 Å². The molecule has 1 aromatic carbocycles. The van der Waals surface area contributed by atoms with Gasteiger partial charge in [-0.25, -0.2) is 4.79 Å². The number of aryl methyl sites for hydroxylation is 1. The minimum atomic E-state index is -0.611. The van der Waals surface area contributed by atoms with Crippen LogP contribution in [0.3, 0.4) is 0 Å². The van der Waals surface area contributed by atoms with Crippen molar-refractivity contribution < 1.29 is 19.0 Å². The van der Waals surface area contributed by atoms with Gasteiger partial charge < -0.3 is 18.8 Å². The van der Waals surface area contributed by atoms with Gasteiger partial charge in [0.05, 0.1) is 30.7 Å². The number of nitrogens with zero attached hydrogens (tertiary/aromatic N) is 1. The summed E-state index contributed by atoms with van der Waals surface area (Å²) >= 11 is 0. The molecule has 0 fully saturated rings. The predicted octanol–water partition coefficient (Wildman–Crippen LogP) is 5.63. The summed E-state index contributed by atoms with van der Waals surface area (Å²) in [6.45, 7) is 7.14. The summed E-state index contributed by atoms with van der Waals surface area (Å²) in [5, 5.41) is 0.419. The number of pyridine rings is 1. The molecule has 2 aromatic rings. The minimum Gasteiger partial charge on any atom is -0.490 e. The number of benzene rings is 1. The molecule has 0 amide bonds. The summed E-state index contributed by atoms with van der Waals surface area (Å²) in [4.78, 5) is 25.1. The van der Waals surface area contributed by atoms with Gasteiger partial charge in [0, 0.05) is 19.3 Å². The number of carbonyl (C=O) groups excluding carboxylic acids is 1. The van der Waals surface area contributed by atoms with Crippen LogP contribution in [0.4, 0.5) is 0 Å². The van der Waals surface area contributed by atoms with E-state index in [0.717, 1.165) is 12.8 Å². The Balaban J connectivity index is 2.13. The number of rotatable bonds is 14. The number of esters is 1. The van der Waals surface area contributed by atoms with Crippen molar-refractivity contribution in [1.82, 2.24) is 4.57 Å². The van der Waals surface area contributed by atoms with Gasteiger partial charge in [-0.15, -0.1) is 0 Å². The molecule has 0 N–H and O–H groups in total. The Kier molecular flexibility index (Phi) is 10.4. The maximum absolute atomic E-state index is 12.9. The van der Waals surface area contributed by atoms with Gasteiger partial charge in [-0.05, 0) is 26.3 Å². The van der Waals surface area contributed by atoms with E-state index in [2.05, 4.69) is 6.92 Å². The molecule has 172 valence electrons. The zero-order valence-electron chi connectivity index (χ0n) is 19.5. The second-order valence-electron chi connectivity index (χ2n) is 7.78. The topological polar surface area (TPSA) is 66.8 Å². The normalized spacial score (nSPS) is 11.0. The lowest BCUT2D eigenvalue weighted by molar-refractivity contribution is 0.0524. The number of aromatic nitrogens is 1. The molecule has 0 saturated heterocycles. The Labute approximate surface area is 185 Å². The van der Waals surface area contributed by atoms with Crippen LogP contribution < -0.4 is 14.9 Å². The third kappa shape index (κ3) is 7.01. The number of hydrogen-bond donors (Lipinski definition) is 0. The van der Waals surface area contributed by atoms with E-state index in [4.69, 9.17) is 14.2 Å². The molecule has 0 aliphatic rings. The second-order valence-corrected chi connectivity index (χ2v) is 7.78. The second kappa shape index (κ2) is 13.0. The Hall–Kier alpha value is -2.50.